The lowest BCUT2D eigenvalue weighted by atomic mass is 10.1. The van der Waals surface area contributed by atoms with Crippen molar-refractivity contribution in [3.05, 3.63) is 101 Å². The Morgan fingerprint density at radius 3 is 2.50 bits per heavy atom. The van der Waals surface area contributed by atoms with Crippen molar-refractivity contribution < 1.29 is 19.2 Å². The van der Waals surface area contributed by atoms with Crippen LogP contribution >= 0.6 is 0 Å². The van der Waals surface area contributed by atoms with Gasteiger partial charge >= 0.3 is 0 Å². The highest BCUT2D eigenvalue weighted by Crippen LogP contribution is 2.29. The second-order valence-corrected chi connectivity index (χ2v) is 6.95. The summed E-state index contributed by atoms with van der Waals surface area (Å²) in [6.07, 6.45) is 2.54. The number of ether oxygens (including phenoxy) is 1. The van der Waals surface area contributed by atoms with Crippen LogP contribution in [-0.4, -0.2) is 38.1 Å². The molecule has 0 bridgehead atoms. The molecule has 0 radical (unpaired) electrons. The summed E-state index contributed by atoms with van der Waals surface area (Å²) in [5, 5.41) is 15.3. The molecule has 4 aromatic rings. The van der Waals surface area contributed by atoms with Gasteiger partial charge in [-0.1, -0.05) is 48.5 Å². The van der Waals surface area contributed by atoms with Crippen LogP contribution in [0.2, 0.25) is 0 Å². The zero-order valence-corrected chi connectivity index (χ0v) is 17.6. The molecule has 1 heterocycles. The van der Waals surface area contributed by atoms with Gasteiger partial charge in [-0.3, -0.25) is 30.6 Å². The van der Waals surface area contributed by atoms with Gasteiger partial charge in [0.05, 0.1) is 4.92 Å². The molecule has 4 rings (SSSR count). The predicted octanol–water partition coefficient (Wildman–Crippen LogP) is 2.68. The first-order valence-corrected chi connectivity index (χ1v) is 10.0. The third-order valence-corrected chi connectivity index (χ3v) is 4.75. The minimum Gasteiger partial charge on any atom is -0.483 e. The highest BCUT2D eigenvalue weighted by Gasteiger charge is 2.20. The second kappa shape index (κ2) is 10.0. The van der Waals surface area contributed by atoms with Crippen LogP contribution in [0.25, 0.3) is 16.8 Å². The first kappa shape index (κ1) is 22.1. The van der Waals surface area contributed by atoms with Gasteiger partial charge in [-0.25, -0.2) is 9.67 Å². The monoisotopic (exact) mass is 458 g/mol. The number of nitrogens with zero attached hydrogens (tertiary/aromatic N) is 4. The van der Waals surface area contributed by atoms with Gasteiger partial charge in [-0.15, -0.1) is 0 Å². The fourth-order valence-electron chi connectivity index (χ4n) is 3.16. The highest BCUT2D eigenvalue weighted by atomic mass is 16.6. The Labute approximate surface area is 193 Å². The van der Waals surface area contributed by atoms with E-state index in [-0.39, 0.29) is 23.5 Å². The van der Waals surface area contributed by atoms with Gasteiger partial charge in [-0.05, 0) is 23.8 Å². The Morgan fingerprint density at radius 2 is 1.76 bits per heavy atom. The molecule has 0 aliphatic rings. The lowest BCUT2D eigenvalue weighted by Crippen LogP contribution is -2.43. The molecule has 3 aromatic carbocycles. The molecular weight excluding hydrogens is 440 g/mol. The molecule has 2 N–H and O–H groups in total. The van der Waals surface area contributed by atoms with Crippen LogP contribution in [0.4, 0.5) is 5.69 Å². The van der Waals surface area contributed by atoms with Crippen molar-refractivity contribution in [2.75, 3.05) is 6.61 Å². The van der Waals surface area contributed by atoms with Gasteiger partial charge in [0, 0.05) is 17.2 Å². The highest BCUT2D eigenvalue weighted by molar-refractivity contribution is 5.96. The number of carbonyl (C=O) groups excluding carboxylic acids is 2. The molecule has 0 unspecified atom stereocenters. The molecule has 0 saturated heterocycles. The first-order chi connectivity index (χ1) is 16.5. The summed E-state index contributed by atoms with van der Waals surface area (Å²) in [6.45, 7) is -0.352. The molecule has 34 heavy (non-hydrogen) atoms. The summed E-state index contributed by atoms with van der Waals surface area (Å²) in [4.78, 5) is 39.2. The maximum absolute atomic E-state index is 12.4. The summed E-state index contributed by atoms with van der Waals surface area (Å²) in [6, 6.07) is 20.7. The van der Waals surface area contributed by atoms with Crippen LogP contribution in [0.1, 0.15) is 10.4 Å². The van der Waals surface area contributed by atoms with E-state index >= 15 is 0 Å². The van der Waals surface area contributed by atoms with Crippen molar-refractivity contribution in [3.63, 3.8) is 0 Å². The van der Waals surface area contributed by atoms with Crippen LogP contribution < -0.4 is 15.6 Å². The fraction of sp³-hybridized carbons (Fsp3) is 0.0435. The summed E-state index contributed by atoms with van der Waals surface area (Å²) < 4.78 is 6.85. The van der Waals surface area contributed by atoms with Crippen molar-refractivity contribution >= 4 is 17.5 Å². The minimum atomic E-state index is -0.730. The van der Waals surface area contributed by atoms with E-state index in [1.807, 2.05) is 42.5 Å². The smallest absolute Gasteiger partial charge is 0.295 e. The Hall–Kier alpha value is -5.06. The Balaban J connectivity index is 1.37. The summed E-state index contributed by atoms with van der Waals surface area (Å²) in [5.74, 6) is -0.828. The van der Waals surface area contributed by atoms with Crippen LogP contribution in [0.15, 0.2) is 85.5 Å². The van der Waals surface area contributed by atoms with Crippen LogP contribution in [0.5, 0.6) is 5.75 Å². The third kappa shape index (κ3) is 5.05. The van der Waals surface area contributed by atoms with Crippen molar-refractivity contribution in [2.24, 2.45) is 0 Å². The number of nitro benzene ring substituents is 1. The minimum absolute atomic E-state index is 0.0220. The van der Waals surface area contributed by atoms with Gasteiger partial charge in [0.15, 0.2) is 6.61 Å². The van der Waals surface area contributed by atoms with E-state index in [9.17, 15) is 19.7 Å². The molecule has 11 nitrogen and oxygen atoms in total. The van der Waals surface area contributed by atoms with Crippen LogP contribution in [-0.2, 0) is 4.79 Å². The number of para-hydroxylation sites is 1. The Morgan fingerprint density at radius 1 is 1.00 bits per heavy atom. The van der Waals surface area contributed by atoms with E-state index in [0.717, 1.165) is 17.2 Å². The Bertz CT molecular complexity index is 1320. The van der Waals surface area contributed by atoms with E-state index in [0.29, 0.717) is 5.75 Å². The molecule has 11 heteroatoms. The second-order valence-electron chi connectivity index (χ2n) is 6.95. The lowest BCUT2D eigenvalue weighted by molar-refractivity contribution is -0.384. The largest absolute Gasteiger partial charge is 0.483 e. The summed E-state index contributed by atoms with van der Waals surface area (Å²) in [5.41, 5.74) is 6.00. The van der Waals surface area contributed by atoms with Gasteiger partial charge in [-0.2, -0.15) is 5.10 Å². The number of hydrazine groups is 1. The van der Waals surface area contributed by atoms with Gasteiger partial charge < -0.3 is 4.74 Å². The molecule has 0 atom stereocenters. The fourth-order valence-corrected chi connectivity index (χ4v) is 3.16. The van der Waals surface area contributed by atoms with Crippen LogP contribution in [0.3, 0.4) is 0 Å². The SMILES string of the molecule is O=C(COc1ccccc1-c1ccccc1)NNC(=O)c1ccc(-n2cncn2)c([N+](=O)[O-])c1. The number of rotatable bonds is 7. The van der Waals surface area contributed by atoms with E-state index in [1.165, 1.54) is 29.5 Å². The average Bonchev–Trinajstić information content (AvgIpc) is 3.41. The zero-order chi connectivity index (χ0) is 23.9. The molecule has 2 amide bonds. The van der Waals surface area contributed by atoms with Crippen molar-refractivity contribution in [3.8, 4) is 22.6 Å². The van der Waals surface area contributed by atoms with Crippen molar-refractivity contribution in [1.29, 1.82) is 0 Å². The maximum atomic E-state index is 12.4. The number of nitrogens with one attached hydrogen (secondary N) is 2. The number of carbonyl (C=O) groups is 2. The number of hydrogen-bond acceptors (Lipinski definition) is 7. The molecule has 0 fully saturated rings. The number of amides is 2. The number of aromatic nitrogens is 3. The molecule has 1 aromatic heterocycles. The summed E-state index contributed by atoms with van der Waals surface area (Å²) in [7, 11) is 0. The van der Waals surface area contributed by atoms with Crippen molar-refractivity contribution in [2.45, 2.75) is 0 Å². The van der Waals surface area contributed by atoms with E-state index < -0.39 is 16.7 Å². The zero-order valence-electron chi connectivity index (χ0n) is 17.6. The normalized spacial score (nSPS) is 10.4. The number of hydrogen-bond donors (Lipinski definition) is 2. The topological polar surface area (TPSA) is 141 Å². The molecule has 0 aliphatic heterocycles. The predicted molar refractivity (Wildman–Crippen MR) is 121 cm³/mol. The Kier molecular flexibility index (Phi) is 6.54. The van der Waals surface area contributed by atoms with Gasteiger partial charge in [0.25, 0.3) is 17.5 Å². The average molecular weight is 458 g/mol. The summed E-state index contributed by atoms with van der Waals surface area (Å²) >= 11 is 0. The maximum Gasteiger partial charge on any atom is 0.295 e. The first-order valence-electron chi connectivity index (χ1n) is 10.0. The van der Waals surface area contributed by atoms with Gasteiger partial charge in [0.2, 0.25) is 0 Å². The van der Waals surface area contributed by atoms with Crippen LogP contribution in [0, 0.1) is 10.1 Å². The molecule has 0 aliphatic carbocycles. The standard InChI is InChI=1S/C23H18N6O5/c30-22(13-34-21-9-5-4-8-18(21)16-6-2-1-3-7-16)26-27-23(31)17-10-11-19(20(12-17)29(32)33)28-15-24-14-25-28/h1-12,14-15H,13H2,(H,26,30)(H,27,31). The molecule has 0 saturated carbocycles. The van der Waals surface area contributed by atoms with E-state index in [4.69, 9.17) is 4.74 Å². The van der Waals surface area contributed by atoms with Gasteiger partial charge in [0.1, 0.15) is 24.1 Å². The molecule has 170 valence electrons. The van der Waals surface area contributed by atoms with Crippen molar-refractivity contribution in [1.82, 2.24) is 25.6 Å². The number of nitro groups is 1. The third-order valence-electron chi connectivity index (χ3n) is 4.75. The molecule has 0 spiro atoms. The quantitative estimate of drug-likeness (QED) is 0.320. The van der Waals surface area contributed by atoms with E-state index in [1.54, 1.807) is 12.1 Å². The number of benzene rings is 3. The lowest BCUT2D eigenvalue weighted by Gasteiger charge is -2.12. The van der Waals surface area contributed by atoms with E-state index in [2.05, 4.69) is 20.9 Å². The molecular formula is C23H18N6O5.